The minimum Gasteiger partial charge on any atom is -0.342 e. The van der Waals surface area contributed by atoms with E-state index in [1.54, 1.807) is 0 Å². The number of hydrogen-bond acceptors (Lipinski definition) is 3. The summed E-state index contributed by atoms with van der Waals surface area (Å²) in [5.74, 6) is 1.22. The van der Waals surface area contributed by atoms with Crippen LogP contribution in [0.25, 0.3) is 0 Å². The van der Waals surface area contributed by atoms with Crippen LogP contribution in [-0.2, 0) is 11.0 Å². The molecule has 8 heteroatoms. The van der Waals surface area contributed by atoms with Crippen LogP contribution in [0.2, 0.25) is 0 Å². The molecular weight excluding hydrogens is 357 g/mol. The molecule has 3 aliphatic rings. The molecule has 27 heavy (non-hydrogen) atoms. The van der Waals surface area contributed by atoms with E-state index >= 15 is 0 Å². The number of piperidine rings is 1. The number of fused-ring (bicyclic) bond motifs is 2. The molecule has 0 spiro atoms. The number of carbonyl (C=O) groups excluding carboxylic acids is 1. The molecule has 2 bridgehead atoms. The molecule has 1 aromatic heterocycles. The van der Waals surface area contributed by atoms with E-state index in [-0.39, 0.29) is 23.9 Å². The van der Waals surface area contributed by atoms with Gasteiger partial charge in [0.25, 0.3) is 0 Å². The maximum absolute atomic E-state index is 13.0. The van der Waals surface area contributed by atoms with Crippen molar-refractivity contribution in [2.24, 2.45) is 23.5 Å². The number of nitrogens with two attached hydrogens (primary N) is 1. The van der Waals surface area contributed by atoms with Crippen LogP contribution in [-0.4, -0.2) is 39.7 Å². The zero-order valence-corrected chi connectivity index (χ0v) is 15.4. The Morgan fingerprint density at radius 2 is 1.74 bits per heavy atom. The number of carbonyl (C=O) groups is 1. The van der Waals surface area contributed by atoms with Crippen molar-refractivity contribution >= 4 is 5.91 Å². The average molecular weight is 384 g/mol. The minimum atomic E-state index is -4.41. The lowest BCUT2D eigenvalue weighted by Gasteiger charge is -2.45. The third-order valence-corrected chi connectivity index (χ3v) is 6.81. The number of aromatic nitrogens is 2. The lowest BCUT2D eigenvalue weighted by molar-refractivity contribution is -0.141. The van der Waals surface area contributed by atoms with Gasteiger partial charge >= 0.3 is 6.18 Å². The summed E-state index contributed by atoms with van der Waals surface area (Å²) in [4.78, 5) is 14.9. The second-order valence-corrected chi connectivity index (χ2v) is 8.43. The van der Waals surface area contributed by atoms with E-state index in [2.05, 4.69) is 5.10 Å². The predicted octanol–water partition coefficient (Wildman–Crippen LogP) is 3.22. The standard InChI is InChI=1S/C19H27F3N4O/c20-19(21,22)16-6-9-26(24-16)15-4-7-25(8-5-15)18(27)14-10-12-2-1-3-13(11-14)17(12)23/h6,9,12-15,17H,1-5,7-8,10-11,23H2. The van der Waals surface area contributed by atoms with Gasteiger partial charge in [-0.25, -0.2) is 0 Å². The van der Waals surface area contributed by atoms with Gasteiger partial charge in [0.1, 0.15) is 0 Å². The minimum absolute atomic E-state index is 0.0678. The summed E-state index contributed by atoms with van der Waals surface area (Å²) < 4.78 is 39.6. The van der Waals surface area contributed by atoms with Crippen LogP contribution in [0.15, 0.2) is 12.3 Å². The molecule has 2 N–H and O–H groups in total. The largest absolute Gasteiger partial charge is 0.435 e. The third kappa shape index (κ3) is 3.73. The molecule has 3 fully saturated rings. The zero-order chi connectivity index (χ0) is 19.2. The topological polar surface area (TPSA) is 64.2 Å². The molecule has 4 rings (SSSR count). The molecule has 0 radical (unpaired) electrons. The van der Waals surface area contributed by atoms with Gasteiger partial charge in [-0.3, -0.25) is 9.48 Å². The molecule has 1 aromatic rings. The molecule has 2 unspecified atom stereocenters. The predicted molar refractivity (Wildman–Crippen MR) is 93.6 cm³/mol. The van der Waals surface area contributed by atoms with Crippen molar-refractivity contribution in [2.45, 2.75) is 63.2 Å². The number of likely N-dealkylation sites (tertiary alicyclic amines) is 1. The highest BCUT2D eigenvalue weighted by atomic mass is 19.4. The van der Waals surface area contributed by atoms with Gasteiger partial charge in [-0.2, -0.15) is 18.3 Å². The van der Waals surface area contributed by atoms with Gasteiger partial charge in [-0.15, -0.1) is 0 Å². The summed E-state index contributed by atoms with van der Waals surface area (Å²) in [6, 6.07) is 1.18. The van der Waals surface area contributed by atoms with E-state index < -0.39 is 11.9 Å². The Morgan fingerprint density at radius 1 is 1.11 bits per heavy atom. The van der Waals surface area contributed by atoms with Crippen LogP contribution >= 0.6 is 0 Å². The first-order chi connectivity index (χ1) is 12.8. The molecule has 1 amide bonds. The number of rotatable bonds is 2. The fourth-order valence-electron chi connectivity index (χ4n) is 5.29. The summed E-state index contributed by atoms with van der Waals surface area (Å²) in [7, 11) is 0. The van der Waals surface area contributed by atoms with Crippen molar-refractivity contribution in [3.8, 4) is 0 Å². The van der Waals surface area contributed by atoms with Crippen molar-refractivity contribution in [3.63, 3.8) is 0 Å². The fraction of sp³-hybridized carbons (Fsp3) is 0.789. The first kappa shape index (κ1) is 18.8. The van der Waals surface area contributed by atoms with Crippen molar-refractivity contribution in [2.75, 3.05) is 13.1 Å². The Balaban J connectivity index is 1.34. The molecule has 150 valence electrons. The summed E-state index contributed by atoms with van der Waals surface area (Å²) in [6.45, 7) is 1.17. The molecule has 2 aliphatic carbocycles. The molecule has 5 nitrogen and oxygen atoms in total. The van der Waals surface area contributed by atoms with Gasteiger partial charge in [0, 0.05) is 31.2 Å². The first-order valence-corrected chi connectivity index (χ1v) is 9.99. The molecule has 2 heterocycles. The highest BCUT2D eigenvalue weighted by Gasteiger charge is 2.42. The van der Waals surface area contributed by atoms with Gasteiger partial charge in [0.15, 0.2) is 5.69 Å². The van der Waals surface area contributed by atoms with Gasteiger partial charge in [-0.05, 0) is 56.4 Å². The van der Waals surface area contributed by atoms with Crippen molar-refractivity contribution < 1.29 is 18.0 Å². The lowest BCUT2D eigenvalue weighted by Crippen LogP contribution is -2.50. The molecule has 2 atom stereocenters. The highest BCUT2D eigenvalue weighted by Crippen LogP contribution is 2.42. The maximum atomic E-state index is 13.0. The van der Waals surface area contributed by atoms with Gasteiger partial charge in [-0.1, -0.05) is 6.42 Å². The van der Waals surface area contributed by atoms with Crippen LogP contribution in [0.3, 0.4) is 0 Å². The summed E-state index contributed by atoms with van der Waals surface area (Å²) in [5, 5.41) is 3.69. The van der Waals surface area contributed by atoms with E-state index in [1.807, 2.05) is 4.90 Å². The van der Waals surface area contributed by atoms with E-state index in [0.29, 0.717) is 37.8 Å². The van der Waals surface area contributed by atoms with Gasteiger partial charge in [0.05, 0.1) is 6.04 Å². The summed E-state index contributed by atoms with van der Waals surface area (Å²) in [6.07, 6.45) is 3.53. The van der Waals surface area contributed by atoms with Crippen molar-refractivity contribution in [1.29, 1.82) is 0 Å². The van der Waals surface area contributed by atoms with Crippen LogP contribution in [0.4, 0.5) is 13.2 Å². The third-order valence-electron chi connectivity index (χ3n) is 6.81. The normalized spacial score (nSPS) is 32.5. The molecule has 1 aliphatic heterocycles. The van der Waals surface area contributed by atoms with Crippen LogP contribution in [0.5, 0.6) is 0 Å². The Hall–Kier alpha value is -1.57. The second-order valence-electron chi connectivity index (χ2n) is 8.43. The van der Waals surface area contributed by atoms with Gasteiger partial charge in [0.2, 0.25) is 5.91 Å². The van der Waals surface area contributed by atoms with Crippen LogP contribution in [0.1, 0.15) is 56.7 Å². The summed E-state index contributed by atoms with van der Waals surface area (Å²) >= 11 is 0. The van der Waals surface area contributed by atoms with Gasteiger partial charge < -0.3 is 10.6 Å². The summed E-state index contributed by atoms with van der Waals surface area (Å²) in [5.41, 5.74) is 5.47. The first-order valence-electron chi connectivity index (χ1n) is 9.99. The Morgan fingerprint density at radius 3 is 2.30 bits per heavy atom. The number of halogens is 3. The van der Waals surface area contributed by atoms with Crippen molar-refractivity contribution in [1.82, 2.24) is 14.7 Å². The van der Waals surface area contributed by atoms with E-state index in [9.17, 15) is 18.0 Å². The second kappa shape index (κ2) is 7.11. The molecule has 2 saturated carbocycles. The Kier molecular flexibility index (Phi) is 4.94. The Labute approximate surface area is 157 Å². The van der Waals surface area contributed by atoms with Crippen LogP contribution in [0, 0.1) is 17.8 Å². The highest BCUT2D eigenvalue weighted by molar-refractivity contribution is 5.79. The van der Waals surface area contributed by atoms with Crippen LogP contribution < -0.4 is 5.73 Å². The van der Waals surface area contributed by atoms with E-state index in [1.165, 1.54) is 17.3 Å². The fourth-order valence-corrected chi connectivity index (χ4v) is 5.29. The lowest BCUT2D eigenvalue weighted by atomic mass is 9.65. The SMILES string of the molecule is NC1C2CCCC1CC(C(=O)N1CCC(n3ccc(C(F)(F)F)n3)CC1)C2. The zero-order valence-electron chi connectivity index (χ0n) is 15.4. The monoisotopic (exact) mass is 384 g/mol. The number of nitrogens with zero attached hydrogens (tertiary/aromatic N) is 3. The smallest absolute Gasteiger partial charge is 0.342 e. The molecular formula is C19H27F3N4O. The maximum Gasteiger partial charge on any atom is 0.435 e. The Bertz CT molecular complexity index is 667. The molecule has 0 aromatic carbocycles. The van der Waals surface area contributed by atoms with E-state index in [4.69, 9.17) is 5.73 Å². The molecule has 1 saturated heterocycles. The average Bonchev–Trinajstić information content (AvgIpc) is 3.11. The quantitative estimate of drug-likeness (QED) is 0.852. The van der Waals surface area contributed by atoms with Crippen molar-refractivity contribution in [3.05, 3.63) is 18.0 Å². The van der Waals surface area contributed by atoms with E-state index in [0.717, 1.165) is 31.7 Å². The number of hydrogen-bond donors (Lipinski definition) is 1. The number of alkyl halides is 3. The number of amides is 1.